The first-order valence-corrected chi connectivity index (χ1v) is 8.84. The summed E-state index contributed by atoms with van der Waals surface area (Å²) in [5.74, 6) is 0.0165. The minimum absolute atomic E-state index is 0.0165. The van der Waals surface area contributed by atoms with Crippen molar-refractivity contribution in [2.24, 2.45) is 0 Å². The lowest BCUT2D eigenvalue weighted by atomic mass is 9.99. The fourth-order valence-electron chi connectivity index (χ4n) is 3.12. The number of nitrogens with one attached hydrogen (secondary N) is 1. The Kier molecular flexibility index (Phi) is 5.31. The molecule has 1 N–H and O–H groups in total. The molecule has 3 nitrogen and oxygen atoms in total. The molecule has 3 rings (SSSR count). The normalized spacial score (nSPS) is 15.6. The molecule has 126 valence electrons. The van der Waals surface area contributed by atoms with E-state index >= 15 is 0 Å². The van der Waals surface area contributed by atoms with E-state index in [-0.39, 0.29) is 11.9 Å². The van der Waals surface area contributed by atoms with Crippen molar-refractivity contribution in [3.8, 4) is 0 Å². The molecule has 1 atom stereocenters. The van der Waals surface area contributed by atoms with Gasteiger partial charge in [-0.05, 0) is 48.6 Å². The van der Waals surface area contributed by atoms with Gasteiger partial charge in [0.05, 0.1) is 0 Å². The van der Waals surface area contributed by atoms with Crippen LogP contribution in [0.3, 0.4) is 0 Å². The molecule has 0 radical (unpaired) electrons. The summed E-state index contributed by atoms with van der Waals surface area (Å²) in [4.78, 5) is 14.6. The number of rotatable bonds is 5. The third-order valence-electron chi connectivity index (χ3n) is 4.82. The van der Waals surface area contributed by atoms with Crippen LogP contribution in [-0.4, -0.2) is 23.4 Å². The first-order chi connectivity index (χ1) is 11.7. The summed E-state index contributed by atoms with van der Waals surface area (Å²) in [6.45, 7) is 7.13. The summed E-state index contributed by atoms with van der Waals surface area (Å²) in [6, 6.07) is 16.9. The van der Waals surface area contributed by atoms with Gasteiger partial charge < -0.3 is 5.32 Å². The molecular weight excluding hydrogens is 296 g/mol. The molecule has 2 aromatic rings. The van der Waals surface area contributed by atoms with E-state index in [1.165, 1.54) is 16.7 Å². The van der Waals surface area contributed by atoms with Crippen LogP contribution >= 0.6 is 0 Å². The van der Waals surface area contributed by atoms with E-state index in [0.29, 0.717) is 0 Å². The molecule has 0 saturated heterocycles. The predicted octanol–water partition coefficient (Wildman–Crippen LogP) is 3.77. The van der Waals surface area contributed by atoms with Crippen LogP contribution in [0.25, 0.3) is 0 Å². The van der Waals surface area contributed by atoms with Gasteiger partial charge in [-0.15, -0.1) is 0 Å². The zero-order chi connectivity index (χ0) is 16.9. The summed E-state index contributed by atoms with van der Waals surface area (Å²) in [6.07, 6.45) is 2.06. The summed E-state index contributed by atoms with van der Waals surface area (Å²) >= 11 is 0. The number of amides is 1. The number of benzene rings is 2. The summed E-state index contributed by atoms with van der Waals surface area (Å²) in [5, 5.41) is 3.01. The number of carbonyl (C=O) groups is 1. The lowest BCUT2D eigenvalue weighted by molar-refractivity contribution is 0.0939. The molecule has 1 aliphatic heterocycles. The number of hydrogen-bond donors (Lipinski definition) is 1. The molecule has 0 aromatic heterocycles. The third kappa shape index (κ3) is 4.04. The molecule has 0 fully saturated rings. The molecule has 3 heteroatoms. The van der Waals surface area contributed by atoms with Gasteiger partial charge in [0.1, 0.15) is 0 Å². The Morgan fingerprint density at radius 1 is 1.12 bits per heavy atom. The molecule has 0 bridgehead atoms. The van der Waals surface area contributed by atoms with Crippen LogP contribution in [0.1, 0.15) is 47.3 Å². The minimum Gasteiger partial charge on any atom is -0.350 e. The van der Waals surface area contributed by atoms with Crippen LogP contribution in [0, 0.1) is 0 Å². The van der Waals surface area contributed by atoms with Crippen molar-refractivity contribution in [2.45, 2.75) is 45.8 Å². The third-order valence-corrected chi connectivity index (χ3v) is 4.82. The molecule has 2 aromatic carbocycles. The van der Waals surface area contributed by atoms with Gasteiger partial charge in [-0.3, -0.25) is 9.69 Å². The van der Waals surface area contributed by atoms with E-state index in [1.807, 2.05) is 19.1 Å². The van der Waals surface area contributed by atoms with Crippen LogP contribution in [0.4, 0.5) is 0 Å². The molecule has 1 heterocycles. The summed E-state index contributed by atoms with van der Waals surface area (Å²) in [5.41, 5.74) is 4.91. The fraction of sp³-hybridized carbons (Fsp3) is 0.381. The van der Waals surface area contributed by atoms with Gasteiger partial charge in [0.15, 0.2) is 0 Å². The maximum Gasteiger partial charge on any atom is 0.251 e. The highest BCUT2D eigenvalue weighted by Gasteiger charge is 2.16. The molecule has 0 saturated carbocycles. The van der Waals surface area contributed by atoms with Gasteiger partial charge in [-0.1, -0.05) is 43.3 Å². The Labute approximate surface area is 144 Å². The van der Waals surface area contributed by atoms with Crippen LogP contribution in [0.15, 0.2) is 48.5 Å². The van der Waals surface area contributed by atoms with E-state index in [2.05, 4.69) is 53.5 Å². The molecule has 1 amide bonds. The van der Waals surface area contributed by atoms with Crippen LogP contribution < -0.4 is 5.32 Å². The molecular formula is C21H26N2O. The second-order valence-corrected chi connectivity index (χ2v) is 6.71. The number of nitrogens with zero attached hydrogens (tertiary/aromatic N) is 1. The van der Waals surface area contributed by atoms with Crippen molar-refractivity contribution in [1.29, 1.82) is 0 Å². The number of carbonyl (C=O) groups excluding carboxylic acids is 1. The fourth-order valence-corrected chi connectivity index (χ4v) is 3.12. The average Bonchev–Trinajstić information content (AvgIpc) is 2.62. The average molecular weight is 322 g/mol. The maximum atomic E-state index is 12.1. The lowest BCUT2D eigenvalue weighted by Gasteiger charge is -2.28. The van der Waals surface area contributed by atoms with Gasteiger partial charge in [0, 0.05) is 31.2 Å². The van der Waals surface area contributed by atoms with Crippen LogP contribution in [-0.2, 0) is 19.5 Å². The largest absolute Gasteiger partial charge is 0.350 e. The zero-order valence-corrected chi connectivity index (χ0v) is 14.6. The topological polar surface area (TPSA) is 32.3 Å². The monoisotopic (exact) mass is 322 g/mol. The smallest absolute Gasteiger partial charge is 0.251 e. The standard InChI is InChI=1S/C21H26N2O/c1-3-16(2)22-21(24)19-10-8-17(9-11-19)14-23-13-12-18-6-4-5-7-20(18)15-23/h4-11,16H,3,12-15H2,1-2H3,(H,22,24)/t16-/m0/s1. The first-order valence-electron chi connectivity index (χ1n) is 8.84. The van der Waals surface area contributed by atoms with Crippen molar-refractivity contribution in [2.75, 3.05) is 6.54 Å². The summed E-state index contributed by atoms with van der Waals surface area (Å²) < 4.78 is 0. The van der Waals surface area contributed by atoms with Crippen molar-refractivity contribution in [1.82, 2.24) is 10.2 Å². The van der Waals surface area contributed by atoms with E-state index in [0.717, 1.165) is 38.0 Å². The van der Waals surface area contributed by atoms with E-state index in [1.54, 1.807) is 0 Å². The lowest BCUT2D eigenvalue weighted by Crippen LogP contribution is -2.32. The van der Waals surface area contributed by atoms with Crippen molar-refractivity contribution >= 4 is 5.91 Å². The van der Waals surface area contributed by atoms with E-state index < -0.39 is 0 Å². The van der Waals surface area contributed by atoms with Crippen LogP contribution in [0.5, 0.6) is 0 Å². The number of fused-ring (bicyclic) bond motifs is 1. The van der Waals surface area contributed by atoms with Gasteiger partial charge >= 0.3 is 0 Å². The highest BCUT2D eigenvalue weighted by Crippen LogP contribution is 2.20. The maximum absolute atomic E-state index is 12.1. The number of hydrogen-bond acceptors (Lipinski definition) is 2. The Hall–Kier alpha value is -2.13. The second kappa shape index (κ2) is 7.63. The molecule has 0 aliphatic carbocycles. The van der Waals surface area contributed by atoms with Gasteiger partial charge in [-0.2, -0.15) is 0 Å². The second-order valence-electron chi connectivity index (χ2n) is 6.71. The summed E-state index contributed by atoms with van der Waals surface area (Å²) in [7, 11) is 0. The highest BCUT2D eigenvalue weighted by molar-refractivity contribution is 5.94. The zero-order valence-electron chi connectivity index (χ0n) is 14.6. The Morgan fingerprint density at radius 3 is 2.54 bits per heavy atom. The molecule has 0 unspecified atom stereocenters. The van der Waals surface area contributed by atoms with Gasteiger partial charge in [-0.25, -0.2) is 0 Å². The molecule has 1 aliphatic rings. The Bertz CT molecular complexity index is 693. The first kappa shape index (κ1) is 16.7. The Balaban J connectivity index is 1.60. The highest BCUT2D eigenvalue weighted by atomic mass is 16.1. The minimum atomic E-state index is 0.0165. The van der Waals surface area contributed by atoms with Gasteiger partial charge in [0.2, 0.25) is 0 Å². The van der Waals surface area contributed by atoms with Crippen molar-refractivity contribution in [3.63, 3.8) is 0 Å². The van der Waals surface area contributed by atoms with E-state index in [4.69, 9.17) is 0 Å². The molecule has 0 spiro atoms. The van der Waals surface area contributed by atoms with E-state index in [9.17, 15) is 4.79 Å². The van der Waals surface area contributed by atoms with Gasteiger partial charge in [0.25, 0.3) is 5.91 Å². The predicted molar refractivity (Wildman–Crippen MR) is 97.9 cm³/mol. The van der Waals surface area contributed by atoms with Crippen LogP contribution in [0.2, 0.25) is 0 Å². The van der Waals surface area contributed by atoms with Crippen molar-refractivity contribution in [3.05, 3.63) is 70.8 Å². The quantitative estimate of drug-likeness (QED) is 0.909. The molecule has 24 heavy (non-hydrogen) atoms. The SMILES string of the molecule is CC[C@H](C)NC(=O)c1ccc(CN2CCc3ccccc3C2)cc1. The Morgan fingerprint density at radius 2 is 1.83 bits per heavy atom. The van der Waals surface area contributed by atoms with Crippen molar-refractivity contribution < 1.29 is 4.79 Å².